The first-order valence-corrected chi connectivity index (χ1v) is 5.41. The van der Waals surface area contributed by atoms with Gasteiger partial charge in [0.15, 0.2) is 5.78 Å². The van der Waals surface area contributed by atoms with Crippen molar-refractivity contribution in [2.75, 3.05) is 7.11 Å². The van der Waals surface area contributed by atoms with Gasteiger partial charge in [-0.3, -0.25) is 4.79 Å². The van der Waals surface area contributed by atoms with E-state index in [9.17, 15) is 4.79 Å². The summed E-state index contributed by atoms with van der Waals surface area (Å²) >= 11 is 0. The van der Waals surface area contributed by atoms with Gasteiger partial charge in [0.1, 0.15) is 11.9 Å². The van der Waals surface area contributed by atoms with Crippen molar-refractivity contribution in [3.8, 4) is 0 Å². The molecule has 2 rings (SSSR count). The van der Waals surface area contributed by atoms with Crippen molar-refractivity contribution in [2.45, 2.75) is 37.7 Å². The van der Waals surface area contributed by atoms with E-state index in [4.69, 9.17) is 9.15 Å². The van der Waals surface area contributed by atoms with Gasteiger partial charge in [0.05, 0.1) is 11.8 Å². The predicted octanol–water partition coefficient (Wildman–Crippen LogP) is 2.81. The van der Waals surface area contributed by atoms with Crippen LogP contribution in [0.25, 0.3) is 0 Å². The SMILES string of the molecule is COC1(C(=O)c2ccoc2)CCCCC1. The number of rotatable bonds is 3. The molecule has 0 aromatic carbocycles. The molecule has 1 fully saturated rings. The zero-order chi connectivity index (χ0) is 10.7. The number of furan rings is 1. The summed E-state index contributed by atoms with van der Waals surface area (Å²) in [5, 5.41) is 0. The van der Waals surface area contributed by atoms with Crippen molar-refractivity contribution < 1.29 is 13.9 Å². The van der Waals surface area contributed by atoms with E-state index >= 15 is 0 Å². The fourth-order valence-corrected chi connectivity index (χ4v) is 2.30. The van der Waals surface area contributed by atoms with Crippen molar-refractivity contribution in [2.24, 2.45) is 0 Å². The van der Waals surface area contributed by atoms with Gasteiger partial charge in [-0.05, 0) is 18.9 Å². The molecule has 0 aliphatic heterocycles. The maximum absolute atomic E-state index is 12.2. The largest absolute Gasteiger partial charge is 0.472 e. The summed E-state index contributed by atoms with van der Waals surface area (Å²) in [7, 11) is 1.63. The predicted molar refractivity (Wildman–Crippen MR) is 55.9 cm³/mol. The first-order valence-electron chi connectivity index (χ1n) is 5.41. The van der Waals surface area contributed by atoms with E-state index in [2.05, 4.69) is 0 Å². The number of carbonyl (C=O) groups is 1. The Balaban J connectivity index is 2.22. The number of hydrogen-bond acceptors (Lipinski definition) is 3. The minimum absolute atomic E-state index is 0.0680. The Hall–Kier alpha value is -1.09. The zero-order valence-corrected chi connectivity index (χ0v) is 8.99. The molecule has 0 radical (unpaired) electrons. The Morgan fingerprint density at radius 2 is 2.13 bits per heavy atom. The quantitative estimate of drug-likeness (QED) is 0.717. The van der Waals surface area contributed by atoms with Gasteiger partial charge < -0.3 is 9.15 Å². The third-order valence-corrected chi connectivity index (χ3v) is 3.25. The molecule has 0 unspecified atom stereocenters. The normalized spacial score (nSPS) is 20.1. The smallest absolute Gasteiger partial charge is 0.197 e. The average molecular weight is 208 g/mol. The van der Waals surface area contributed by atoms with Crippen LogP contribution in [-0.2, 0) is 4.74 Å². The molecule has 82 valence electrons. The Morgan fingerprint density at radius 3 is 2.67 bits per heavy atom. The highest BCUT2D eigenvalue weighted by atomic mass is 16.5. The van der Waals surface area contributed by atoms with Crippen molar-refractivity contribution >= 4 is 5.78 Å². The van der Waals surface area contributed by atoms with Gasteiger partial charge >= 0.3 is 0 Å². The second kappa shape index (κ2) is 4.19. The van der Waals surface area contributed by atoms with Gasteiger partial charge in [-0.2, -0.15) is 0 Å². The fraction of sp³-hybridized carbons (Fsp3) is 0.583. The summed E-state index contributed by atoms with van der Waals surface area (Å²) in [5.74, 6) is 0.0680. The Labute approximate surface area is 89.4 Å². The van der Waals surface area contributed by atoms with Gasteiger partial charge in [0.2, 0.25) is 0 Å². The van der Waals surface area contributed by atoms with Crippen LogP contribution in [0.5, 0.6) is 0 Å². The summed E-state index contributed by atoms with van der Waals surface area (Å²) in [5.41, 5.74) is 0.0287. The van der Waals surface area contributed by atoms with Crippen LogP contribution in [0.4, 0.5) is 0 Å². The van der Waals surface area contributed by atoms with E-state index in [1.807, 2.05) is 0 Å². The molecule has 15 heavy (non-hydrogen) atoms. The highest BCUT2D eigenvalue weighted by molar-refractivity contribution is 6.02. The van der Waals surface area contributed by atoms with Gasteiger partial charge in [-0.25, -0.2) is 0 Å². The summed E-state index contributed by atoms with van der Waals surface area (Å²) in [6.45, 7) is 0. The van der Waals surface area contributed by atoms with Crippen molar-refractivity contribution in [3.05, 3.63) is 24.2 Å². The lowest BCUT2D eigenvalue weighted by Crippen LogP contribution is -2.42. The first-order chi connectivity index (χ1) is 7.28. The summed E-state index contributed by atoms with van der Waals surface area (Å²) < 4.78 is 10.4. The van der Waals surface area contributed by atoms with Crippen LogP contribution < -0.4 is 0 Å². The molecule has 1 aliphatic rings. The molecule has 0 atom stereocenters. The van der Waals surface area contributed by atoms with Crippen LogP contribution in [0, 0.1) is 0 Å². The van der Waals surface area contributed by atoms with Crippen LogP contribution in [0.1, 0.15) is 42.5 Å². The third-order valence-electron chi connectivity index (χ3n) is 3.25. The maximum Gasteiger partial charge on any atom is 0.197 e. The van der Waals surface area contributed by atoms with Crippen molar-refractivity contribution in [1.29, 1.82) is 0 Å². The molecule has 0 amide bonds. The molecular weight excluding hydrogens is 192 g/mol. The second-order valence-electron chi connectivity index (χ2n) is 4.10. The maximum atomic E-state index is 12.2. The van der Waals surface area contributed by atoms with Crippen molar-refractivity contribution in [1.82, 2.24) is 0 Å². The highest BCUT2D eigenvalue weighted by Crippen LogP contribution is 2.34. The number of ketones is 1. The molecule has 3 nitrogen and oxygen atoms in total. The third kappa shape index (κ3) is 1.84. The Bertz CT molecular complexity index is 321. The van der Waals surface area contributed by atoms with E-state index in [0.29, 0.717) is 5.56 Å². The number of carbonyl (C=O) groups excluding carboxylic acids is 1. The molecule has 0 bridgehead atoms. The minimum Gasteiger partial charge on any atom is -0.472 e. The molecule has 1 aromatic heterocycles. The number of Topliss-reactive ketones (excluding diaryl/α,β-unsaturated/α-hetero) is 1. The highest BCUT2D eigenvalue weighted by Gasteiger charge is 2.40. The number of ether oxygens (including phenoxy) is 1. The standard InChI is InChI=1S/C12H16O3/c1-14-12(6-3-2-4-7-12)11(13)10-5-8-15-9-10/h5,8-9H,2-4,6-7H2,1H3. The Kier molecular flexibility index (Phi) is 2.91. The lowest BCUT2D eigenvalue weighted by atomic mass is 9.80. The van der Waals surface area contributed by atoms with Crippen LogP contribution in [0.2, 0.25) is 0 Å². The van der Waals surface area contributed by atoms with E-state index in [1.165, 1.54) is 18.9 Å². The van der Waals surface area contributed by atoms with Gasteiger partial charge in [0, 0.05) is 7.11 Å². The van der Waals surface area contributed by atoms with E-state index in [1.54, 1.807) is 13.2 Å². The molecule has 0 spiro atoms. The topological polar surface area (TPSA) is 39.4 Å². The average Bonchev–Trinajstić information content (AvgIpc) is 2.82. The molecule has 1 aromatic rings. The summed E-state index contributed by atoms with van der Waals surface area (Å²) in [6.07, 6.45) is 8.01. The van der Waals surface area contributed by atoms with Crippen LogP contribution >= 0.6 is 0 Å². The fourth-order valence-electron chi connectivity index (χ4n) is 2.30. The lowest BCUT2D eigenvalue weighted by molar-refractivity contribution is -0.0194. The van der Waals surface area contributed by atoms with Gasteiger partial charge in [-0.15, -0.1) is 0 Å². The summed E-state index contributed by atoms with van der Waals surface area (Å²) in [4.78, 5) is 12.2. The molecular formula is C12H16O3. The molecule has 0 saturated heterocycles. The lowest BCUT2D eigenvalue weighted by Gasteiger charge is -2.34. The Morgan fingerprint density at radius 1 is 1.40 bits per heavy atom. The first kappa shape index (κ1) is 10.4. The minimum atomic E-state index is -0.595. The van der Waals surface area contributed by atoms with Gasteiger partial charge in [-0.1, -0.05) is 19.3 Å². The van der Waals surface area contributed by atoms with Crippen LogP contribution in [-0.4, -0.2) is 18.5 Å². The number of hydrogen-bond donors (Lipinski definition) is 0. The zero-order valence-electron chi connectivity index (χ0n) is 8.99. The molecule has 3 heteroatoms. The molecule has 1 heterocycles. The van der Waals surface area contributed by atoms with E-state index < -0.39 is 5.60 Å². The molecule has 0 N–H and O–H groups in total. The van der Waals surface area contributed by atoms with Crippen LogP contribution in [0.15, 0.2) is 23.0 Å². The molecule has 1 aliphatic carbocycles. The van der Waals surface area contributed by atoms with Crippen LogP contribution in [0.3, 0.4) is 0 Å². The van der Waals surface area contributed by atoms with E-state index in [0.717, 1.165) is 25.7 Å². The molecule has 1 saturated carbocycles. The van der Waals surface area contributed by atoms with Crippen molar-refractivity contribution in [3.63, 3.8) is 0 Å². The summed E-state index contributed by atoms with van der Waals surface area (Å²) in [6, 6.07) is 1.71. The number of methoxy groups -OCH3 is 1. The second-order valence-corrected chi connectivity index (χ2v) is 4.10. The van der Waals surface area contributed by atoms with E-state index in [-0.39, 0.29) is 5.78 Å². The van der Waals surface area contributed by atoms with Gasteiger partial charge in [0.25, 0.3) is 0 Å². The monoisotopic (exact) mass is 208 g/mol.